The first kappa shape index (κ1) is 17.7. The number of aromatic nitrogens is 4. The van der Waals surface area contributed by atoms with E-state index >= 15 is 0 Å². The van der Waals surface area contributed by atoms with Gasteiger partial charge in [0.1, 0.15) is 6.54 Å². The molecule has 0 aliphatic carbocycles. The number of hydrogen-bond acceptors (Lipinski definition) is 5. The SMILES string of the molecule is C[C@H]1CNCCN1C(=O)Cn1nnc(-c2ccc(Cl)cc2)n1.Cl. The maximum absolute atomic E-state index is 12.3. The number of carbonyl (C=O) groups is 1. The Morgan fingerprint density at radius 3 is 2.83 bits per heavy atom. The van der Waals surface area contributed by atoms with Crippen LogP contribution in [-0.4, -0.2) is 56.7 Å². The topological polar surface area (TPSA) is 75.9 Å². The van der Waals surface area contributed by atoms with E-state index in [0.29, 0.717) is 17.4 Å². The smallest absolute Gasteiger partial charge is 0.246 e. The minimum Gasteiger partial charge on any atom is -0.336 e. The summed E-state index contributed by atoms with van der Waals surface area (Å²) in [4.78, 5) is 15.5. The Morgan fingerprint density at radius 2 is 2.13 bits per heavy atom. The molecule has 2 aromatic rings. The van der Waals surface area contributed by atoms with Crippen LogP contribution in [0.5, 0.6) is 0 Å². The van der Waals surface area contributed by atoms with Gasteiger partial charge >= 0.3 is 0 Å². The van der Waals surface area contributed by atoms with Crippen molar-refractivity contribution in [2.45, 2.75) is 19.5 Å². The molecule has 9 heteroatoms. The van der Waals surface area contributed by atoms with Gasteiger partial charge in [-0.15, -0.1) is 22.6 Å². The van der Waals surface area contributed by atoms with Crippen molar-refractivity contribution in [1.82, 2.24) is 30.4 Å². The van der Waals surface area contributed by atoms with Gasteiger partial charge in [-0.3, -0.25) is 4.79 Å². The molecule has 1 amide bonds. The Kier molecular flexibility index (Phi) is 5.92. The van der Waals surface area contributed by atoms with Crippen LogP contribution in [0, 0.1) is 0 Å². The van der Waals surface area contributed by atoms with E-state index < -0.39 is 0 Å². The van der Waals surface area contributed by atoms with Crippen LogP contribution in [0.15, 0.2) is 24.3 Å². The zero-order valence-corrected chi connectivity index (χ0v) is 14.2. The van der Waals surface area contributed by atoms with Crippen LogP contribution in [-0.2, 0) is 11.3 Å². The summed E-state index contributed by atoms with van der Waals surface area (Å²) in [6, 6.07) is 7.37. The number of tetrazole rings is 1. The van der Waals surface area contributed by atoms with Crippen LogP contribution in [0.4, 0.5) is 0 Å². The molecule has 7 nitrogen and oxygen atoms in total. The largest absolute Gasteiger partial charge is 0.336 e. The second-order valence-electron chi connectivity index (χ2n) is 5.29. The predicted molar refractivity (Wildman–Crippen MR) is 89.6 cm³/mol. The van der Waals surface area contributed by atoms with Gasteiger partial charge in [-0.25, -0.2) is 0 Å². The molecule has 0 spiro atoms. The number of nitrogens with one attached hydrogen (secondary N) is 1. The monoisotopic (exact) mass is 356 g/mol. The van der Waals surface area contributed by atoms with Gasteiger partial charge in [0.15, 0.2) is 0 Å². The first-order chi connectivity index (χ1) is 10.6. The molecule has 0 saturated carbocycles. The highest BCUT2D eigenvalue weighted by Gasteiger charge is 2.23. The van der Waals surface area contributed by atoms with Crippen molar-refractivity contribution in [2.75, 3.05) is 19.6 Å². The number of nitrogens with zero attached hydrogens (tertiary/aromatic N) is 5. The standard InChI is InChI=1S/C14H17ClN6O.ClH/c1-10-8-16-6-7-20(10)13(22)9-21-18-14(17-19-21)11-2-4-12(15)5-3-11;/h2-5,10,16H,6-9H2,1H3;1H/t10-;/m0./s1. The molecular formula is C14H18Cl2N6O. The molecule has 0 radical (unpaired) electrons. The van der Waals surface area contributed by atoms with Crippen LogP contribution in [0.1, 0.15) is 6.92 Å². The van der Waals surface area contributed by atoms with Crippen LogP contribution in [0.25, 0.3) is 11.4 Å². The lowest BCUT2D eigenvalue weighted by Gasteiger charge is -2.33. The molecule has 1 atom stereocenters. The van der Waals surface area contributed by atoms with Gasteiger partial charge in [-0.2, -0.15) is 4.80 Å². The molecule has 3 rings (SSSR count). The normalized spacial score (nSPS) is 17.7. The minimum atomic E-state index is 0. The first-order valence-electron chi connectivity index (χ1n) is 7.17. The Balaban J connectivity index is 0.00000192. The lowest BCUT2D eigenvalue weighted by molar-refractivity contribution is -0.135. The summed E-state index contributed by atoms with van der Waals surface area (Å²) >= 11 is 5.86. The highest BCUT2D eigenvalue weighted by atomic mass is 35.5. The van der Waals surface area contributed by atoms with Gasteiger partial charge in [0.2, 0.25) is 11.7 Å². The Labute approximate surface area is 145 Å². The van der Waals surface area contributed by atoms with Crippen molar-refractivity contribution in [3.05, 3.63) is 29.3 Å². The van der Waals surface area contributed by atoms with Crippen LogP contribution in [0.3, 0.4) is 0 Å². The fourth-order valence-electron chi connectivity index (χ4n) is 2.45. The number of piperazine rings is 1. The molecule has 1 aromatic carbocycles. The molecule has 1 N–H and O–H groups in total. The Morgan fingerprint density at radius 1 is 1.39 bits per heavy atom. The lowest BCUT2D eigenvalue weighted by Crippen LogP contribution is -2.53. The number of benzene rings is 1. The van der Waals surface area contributed by atoms with Gasteiger partial charge in [0.25, 0.3) is 0 Å². The summed E-state index contributed by atoms with van der Waals surface area (Å²) in [5.74, 6) is 0.492. The molecule has 2 heterocycles. The van der Waals surface area contributed by atoms with Crippen molar-refractivity contribution in [1.29, 1.82) is 0 Å². The second kappa shape index (κ2) is 7.72. The zero-order valence-electron chi connectivity index (χ0n) is 12.6. The van der Waals surface area contributed by atoms with Crippen molar-refractivity contribution >= 4 is 29.9 Å². The Bertz CT molecular complexity index is 660. The molecule has 23 heavy (non-hydrogen) atoms. The number of carbonyl (C=O) groups excluding carboxylic acids is 1. The molecule has 1 fully saturated rings. The van der Waals surface area contributed by atoms with Crippen LogP contribution < -0.4 is 5.32 Å². The van der Waals surface area contributed by atoms with Crippen molar-refractivity contribution in [3.63, 3.8) is 0 Å². The molecule has 0 bridgehead atoms. The zero-order chi connectivity index (χ0) is 15.5. The third-order valence-electron chi connectivity index (χ3n) is 3.65. The number of amides is 1. The number of hydrogen-bond donors (Lipinski definition) is 1. The van der Waals surface area contributed by atoms with Gasteiger partial charge in [0, 0.05) is 36.3 Å². The highest BCUT2D eigenvalue weighted by molar-refractivity contribution is 6.30. The van der Waals surface area contributed by atoms with Crippen LogP contribution >= 0.6 is 24.0 Å². The van der Waals surface area contributed by atoms with E-state index in [1.807, 2.05) is 24.0 Å². The summed E-state index contributed by atoms with van der Waals surface area (Å²) in [6.07, 6.45) is 0. The number of halogens is 2. The van der Waals surface area contributed by atoms with E-state index in [1.54, 1.807) is 12.1 Å². The molecule has 124 valence electrons. The molecule has 1 aliphatic rings. The third kappa shape index (κ3) is 4.19. The summed E-state index contributed by atoms with van der Waals surface area (Å²) in [5.41, 5.74) is 0.818. The highest BCUT2D eigenvalue weighted by Crippen LogP contribution is 2.17. The summed E-state index contributed by atoms with van der Waals surface area (Å²) in [5, 5.41) is 16.1. The summed E-state index contributed by atoms with van der Waals surface area (Å²) in [6.45, 7) is 4.46. The average molecular weight is 357 g/mol. The molecule has 0 unspecified atom stereocenters. The van der Waals surface area contributed by atoms with E-state index in [1.165, 1.54) is 4.80 Å². The quantitative estimate of drug-likeness (QED) is 0.895. The van der Waals surface area contributed by atoms with Gasteiger partial charge in [-0.1, -0.05) is 11.6 Å². The predicted octanol–water partition coefficient (Wildman–Crippen LogP) is 1.24. The Hall–Kier alpha value is -1.70. The summed E-state index contributed by atoms with van der Waals surface area (Å²) < 4.78 is 0. The van der Waals surface area contributed by atoms with Crippen molar-refractivity contribution in [2.24, 2.45) is 0 Å². The van der Waals surface area contributed by atoms with Gasteiger partial charge in [-0.05, 0) is 36.4 Å². The average Bonchev–Trinajstić information content (AvgIpc) is 2.97. The fourth-order valence-corrected chi connectivity index (χ4v) is 2.57. The van der Waals surface area contributed by atoms with E-state index in [9.17, 15) is 4.79 Å². The van der Waals surface area contributed by atoms with Gasteiger partial charge < -0.3 is 10.2 Å². The van der Waals surface area contributed by atoms with E-state index in [2.05, 4.69) is 20.7 Å². The molecule has 1 aromatic heterocycles. The van der Waals surface area contributed by atoms with Crippen LogP contribution in [0.2, 0.25) is 5.02 Å². The van der Waals surface area contributed by atoms with E-state index in [4.69, 9.17) is 11.6 Å². The van der Waals surface area contributed by atoms with Crippen molar-refractivity contribution < 1.29 is 4.79 Å². The third-order valence-corrected chi connectivity index (χ3v) is 3.91. The minimum absolute atomic E-state index is 0. The second-order valence-corrected chi connectivity index (χ2v) is 5.73. The van der Waals surface area contributed by atoms with Gasteiger partial charge in [0.05, 0.1) is 0 Å². The maximum Gasteiger partial charge on any atom is 0.246 e. The lowest BCUT2D eigenvalue weighted by atomic mass is 10.2. The first-order valence-corrected chi connectivity index (χ1v) is 7.55. The maximum atomic E-state index is 12.3. The summed E-state index contributed by atoms with van der Waals surface area (Å²) in [7, 11) is 0. The van der Waals surface area contributed by atoms with E-state index in [-0.39, 0.29) is 30.9 Å². The molecule has 1 saturated heterocycles. The molecular weight excluding hydrogens is 339 g/mol. The molecule has 1 aliphatic heterocycles. The fraction of sp³-hybridized carbons (Fsp3) is 0.429. The number of rotatable bonds is 3. The van der Waals surface area contributed by atoms with E-state index in [0.717, 1.165) is 18.7 Å². The van der Waals surface area contributed by atoms with Crippen molar-refractivity contribution in [3.8, 4) is 11.4 Å².